The minimum Gasteiger partial charge on any atom is -0.474 e. The van der Waals surface area contributed by atoms with E-state index in [0.717, 1.165) is 24.1 Å². The molecule has 0 unspecified atom stereocenters. The maximum absolute atomic E-state index is 5.65. The SMILES string of the molecule is [c]1cc(OC2CC2)nc(-c2ccccc2)c1. The van der Waals surface area contributed by atoms with E-state index >= 15 is 0 Å². The van der Waals surface area contributed by atoms with Crippen LogP contribution in [0.3, 0.4) is 0 Å². The zero-order chi connectivity index (χ0) is 10.8. The first kappa shape index (κ1) is 9.40. The number of hydrogen-bond acceptors (Lipinski definition) is 2. The van der Waals surface area contributed by atoms with E-state index in [1.165, 1.54) is 0 Å². The molecule has 0 aliphatic heterocycles. The van der Waals surface area contributed by atoms with Crippen molar-refractivity contribution in [2.24, 2.45) is 0 Å². The van der Waals surface area contributed by atoms with Gasteiger partial charge in [-0.15, -0.1) is 0 Å². The molecule has 0 amide bonds. The molecule has 0 saturated heterocycles. The fourth-order valence-electron chi connectivity index (χ4n) is 1.55. The molecule has 0 atom stereocenters. The van der Waals surface area contributed by atoms with Crippen LogP contribution < -0.4 is 4.74 Å². The number of hydrogen-bond donors (Lipinski definition) is 0. The first-order valence-corrected chi connectivity index (χ1v) is 5.52. The lowest BCUT2D eigenvalue weighted by Crippen LogP contribution is -1.98. The van der Waals surface area contributed by atoms with Gasteiger partial charge in [0.15, 0.2) is 0 Å². The highest BCUT2D eigenvalue weighted by Gasteiger charge is 2.24. The number of benzene rings is 1. The van der Waals surface area contributed by atoms with Gasteiger partial charge in [0.2, 0.25) is 5.88 Å². The Kier molecular flexibility index (Phi) is 2.33. The zero-order valence-corrected chi connectivity index (χ0v) is 8.89. The summed E-state index contributed by atoms with van der Waals surface area (Å²) in [5, 5.41) is 0. The number of pyridine rings is 1. The molecule has 1 radical (unpaired) electrons. The molecule has 1 aromatic heterocycles. The van der Waals surface area contributed by atoms with Crippen molar-refractivity contribution in [3.05, 3.63) is 48.5 Å². The summed E-state index contributed by atoms with van der Waals surface area (Å²) in [5.74, 6) is 0.684. The summed E-state index contributed by atoms with van der Waals surface area (Å²) in [6.45, 7) is 0. The van der Waals surface area contributed by atoms with Crippen molar-refractivity contribution < 1.29 is 4.74 Å². The second-order valence-electron chi connectivity index (χ2n) is 3.97. The highest BCUT2D eigenvalue weighted by Crippen LogP contribution is 2.26. The third-order valence-electron chi connectivity index (χ3n) is 2.54. The van der Waals surface area contributed by atoms with Gasteiger partial charge < -0.3 is 4.74 Å². The molecule has 1 fully saturated rings. The lowest BCUT2D eigenvalue weighted by Gasteiger charge is -2.05. The summed E-state index contributed by atoms with van der Waals surface area (Å²) < 4.78 is 5.65. The summed E-state index contributed by atoms with van der Waals surface area (Å²) in [4.78, 5) is 4.47. The van der Waals surface area contributed by atoms with Crippen molar-refractivity contribution in [1.82, 2.24) is 4.98 Å². The summed E-state index contributed by atoms with van der Waals surface area (Å²) in [5.41, 5.74) is 2.01. The molecule has 0 spiro atoms. The molecule has 79 valence electrons. The second-order valence-corrected chi connectivity index (χ2v) is 3.97. The summed E-state index contributed by atoms with van der Waals surface area (Å²) in [7, 11) is 0. The molecular weight excluding hydrogens is 198 g/mol. The third kappa shape index (κ3) is 2.06. The van der Waals surface area contributed by atoms with E-state index in [1.54, 1.807) is 6.07 Å². The number of aromatic nitrogens is 1. The average molecular weight is 210 g/mol. The Balaban J connectivity index is 1.89. The molecule has 1 aliphatic rings. The number of nitrogens with zero attached hydrogens (tertiary/aromatic N) is 1. The van der Waals surface area contributed by atoms with E-state index in [2.05, 4.69) is 11.1 Å². The van der Waals surface area contributed by atoms with Gasteiger partial charge in [-0.3, -0.25) is 0 Å². The molecule has 0 N–H and O–H groups in total. The highest BCUT2D eigenvalue weighted by atomic mass is 16.5. The van der Waals surface area contributed by atoms with Gasteiger partial charge in [-0.2, -0.15) is 0 Å². The smallest absolute Gasteiger partial charge is 0.214 e. The van der Waals surface area contributed by atoms with Gasteiger partial charge in [0.05, 0.1) is 5.69 Å². The van der Waals surface area contributed by atoms with Crippen LogP contribution in [0.5, 0.6) is 5.88 Å². The van der Waals surface area contributed by atoms with E-state index in [1.807, 2.05) is 36.4 Å². The third-order valence-corrected chi connectivity index (χ3v) is 2.54. The molecule has 1 heterocycles. The van der Waals surface area contributed by atoms with Crippen LogP contribution in [-0.2, 0) is 0 Å². The Morgan fingerprint density at radius 1 is 1.12 bits per heavy atom. The first-order valence-electron chi connectivity index (χ1n) is 5.52. The van der Waals surface area contributed by atoms with Gasteiger partial charge in [-0.25, -0.2) is 4.98 Å². The lowest BCUT2D eigenvalue weighted by atomic mass is 10.1. The molecule has 1 saturated carbocycles. The van der Waals surface area contributed by atoms with Crippen molar-refractivity contribution in [1.29, 1.82) is 0 Å². The van der Waals surface area contributed by atoms with Gasteiger partial charge in [0, 0.05) is 11.6 Å². The molecular formula is C14H12NO. The van der Waals surface area contributed by atoms with Crippen LogP contribution in [0.4, 0.5) is 0 Å². The molecule has 3 rings (SSSR count). The average Bonchev–Trinajstić information content (AvgIpc) is 3.15. The minimum atomic E-state index is 0.381. The maximum Gasteiger partial charge on any atom is 0.214 e. The fourth-order valence-corrected chi connectivity index (χ4v) is 1.55. The van der Waals surface area contributed by atoms with Crippen molar-refractivity contribution in [2.75, 3.05) is 0 Å². The summed E-state index contributed by atoms with van der Waals surface area (Å²) in [6.07, 6.45) is 2.68. The van der Waals surface area contributed by atoms with Gasteiger partial charge >= 0.3 is 0 Å². The number of rotatable bonds is 3. The van der Waals surface area contributed by atoms with Gasteiger partial charge in [0.1, 0.15) is 6.10 Å². The Bertz CT molecular complexity index is 477. The fraction of sp³-hybridized carbons (Fsp3) is 0.214. The largest absolute Gasteiger partial charge is 0.474 e. The Hall–Kier alpha value is -1.83. The molecule has 1 aromatic carbocycles. The Labute approximate surface area is 94.9 Å². The van der Waals surface area contributed by atoms with E-state index in [-0.39, 0.29) is 0 Å². The van der Waals surface area contributed by atoms with Crippen LogP contribution in [0.25, 0.3) is 11.3 Å². The van der Waals surface area contributed by atoms with Gasteiger partial charge in [-0.1, -0.05) is 30.3 Å². The van der Waals surface area contributed by atoms with E-state index in [0.29, 0.717) is 12.0 Å². The Morgan fingerprint density at radius 3 is 2.69 bits per heavy atom. The van der Waals surface area contributed by atoms with Crippen molar-refractivity contribution >= 4 is 0 Å². The highest BCUT2D eigenvalue weighted by molar-refractivity contribution is 5.58. The first-order chi connectivity index (χ1) is 7.92. The van der Waals surface area contributed by atoms with Crippen molar-refractivity contribution in [2.45, 2.75) is 18.9 Å². The predicted octanol–water partition coefficient (Wildman–Crippen LogP) is 3.09. The van der Waals surface area contributed by atoms with E-state index in [4.69, 9.17) is 4.74 Å². The zero-order valence-electron chi connectivity index (χ0n) is 8.89. The molecule has 2 nitrogen and oxygen atoms in total. The van der Waals surface area contributed by atoms with Gasteiger partial charge in [0.25, 0.3) is 0 Å². The molecule has 16 heavy (non-hydrogen) atoms. The molecule has 2 aromatic rings. The van der Waals surface area contributed by atoms with Crippen molar-refractivity contribution in [3.63, 3.8) is 0 Å². The number of ether oxygens (including phenoxy) is 1. The lowest BCUT2D eigenvalue weighted by molar-refractivity contribution is 0.291. The second kappa shape index (κ2) is 3.97. The van der Waals surface area contributed by atoms with Crippen LogP contribution in [0.2, 0.25) is 0 Å². The predicted molar refractivity (Wildman–Crippen MR) is 62.2 cm³/mol. The Morgan fingerprint density at radius 2 is 1.94 bits per heavy atom. The van der Waals surface area contributed by atoms with Crippen LogP contribution in [0, 0.1) is 6.07 Å². The minimum absolute atomic E-state index is 0.381. The van der Waals surface area contributed by atoms with Crippen LogP contribution in [-0.4, -0.2) is 11.1 Å². The van der Waals surface area contributed by atoms with Crippen LogP contribution in [0.1, 0.15) is 12.8 Å². The van der Waals surface area contributed by atoms with E-state index in [9.17, 15) is 0 Å². The normalized spacial score (nSPS) is 14.8. The molecule has 0 bridgehead atoms. The molecule has 1 aliphatic carbocycles. The standard InChI is InChI=1S/C14H12NO/c1-2-5-11(6-3-1)13-7-4-8-14(15-13)16-12-9-10-12/h1-3,5-8,12H,9-10H2. The summed E-state index contributed by atoms with van der Waals surface area (Å²) >= 11 is 0. The van der Waals surface area contributed by atoms with Gasteiger partial charge in [-0.05, 0) is 25.0 Å². The monoisotopic (exact) mass is 210 g/mol. The molecule has 2 heteroatoms. The summed E-state index contributed by atoms with van der Waals surface area (Å²) in [6, 6.07) is 16.8. The van der Waals surface area contributed by atoms with Crippen LogP contribution in [0.15, 0.2) is 42.5 Å². The van der Waals surface area contributed by atoms with E-state index < -0.39 is 0 Å². The van der Waals surface area contributed by atoms with Crippen LogP contribution >= 0.6 is 0 Å². The quantitative estimate of drug-likeness (QED) is 0.776. The maximum atomic E-state index is 5.65. The van der Waals surface area contributed by atoms with Crippen molar-refractivity contribution in [3.8, 4) is 17.1 Å². The topological polar surface area (TPSA) is 22.1 Å².